The van der Waals surface area contributed by atoms with Crippen LogP contribution >= 0.6 is 11.3 Å². The van der Waals surface area contributed by atoms with Crippen molar-refractivity contribution in [1.82, 2.24) is 10.2 Å². The van der Waals surface area contributed by atoms with Crippen molar-refractivity contribution in [3.05, 3.63) is 5.01 Å². The molecule has 9 heteroatoms. The minimum atomic E-state index is -4.42. The number of hydrogen-bond donors (Lipinski definition) is 0. The van der Waals surface area contributed by atoms with Crippen LogP contribution in [0.1, 0.15) is 24.3 Å². The first-order valence-electron chi connectivity index (χ1n) is 7.37. The molecule has 0 radical (unpaired) electrons. The summed E-state index contributed by atoms with van der Waals surface area (Å²) in [6.07, 6.45) is -1.60. The fraction of sp³-hybridized carbons (Fsp3) is 0.846. The number of ether oxygens (including phenoxy) is 2. The molecule has 0 aromatic carbocycles. The lowest BCUT2D eigenvalue weighted by molar-refractivity contribution is -0.138. The Morgan fingerprint density at radius 2 is 2.00 bits per heavy atom. The zero-order chi connectivity index (χ0) is 15.6. The van der Waals surface area contributed by atoms with E-state index >= 15 is 0 Å². The van der Waals surface area contributed by atoms with E-state index in [0.29, 0.717) is 42.1 Å². The van der Waals surface area contributed by atoms with Gasteiger partial charge in [0.15, 0.2) is 0 Å². The molecule has 0 N–H and O–H groups in total. The zero-order valence-corrected chi connectivity index (χ0v) is 12.8. The van der Waals surface area contributed by atoms with Crippen LogP contribution in [0.25, 0.3) is 0 Å². The molecular formula is C13H18F3N3O2S. The van der Waals surface area contributed by atoms with Gasteiger partial charge in [0.2, 0.25) is 10.1 Å². The average Bonchev–Trinajstić information content (AvgIpc) is 3.16. The van der Waals surface area contributed by atoms with Gasteiger partial charge in [0.05, 0.1) is 19.3 Å². The van der Waals surface area contributed by atoms with Crippen LogP contribution in [0.3, 0.4) is 0 Å². The molecule has 1 atom stereocenters. The Hall–Kier alpha value is -0.930. The second kappa shape index (κ2) is 6.67. The lowest BCUT2D eigenvalue weighted by Gasteiger charge is -2.31. The third-order valence-electron chi connectivity index (χ3n) is 3.96. The molecule has 1 aromatic rings. The van der Waals surface area contributed by atoms with E-state index in [1.165, 1.54) is 0 Å². The summed E-state index contributed by atoms with van der Waals surface area (Å²) in [5, 5.41) is 6.34. The fourth-order valence-corrected chi connectivity index (χ4v) is 3.42. The predicted molar refractivity (Wildman–Crippen MR) is 75.0 cm³/mol. The summed E-state index contributed by atoms with van der Waals surface area (Å²) >= 11 is 0.603. The van der Waals surface area contributed by atoms with Crippen LogP contribution in [0.2, 0.25) is 0 Å². The first-order chi connectivity index (χ1) is 10.5. The molecule has 2 aliphatic heterocycles. The Kier molecular flexibility index (Phi) is 4.84. The molecule has 124 valence electrons. The van der Waals surface area contributed by atoms with Gasteiger partial charge in [-0.2, -0.15) is 13.2 Å². The number of hydrogen-bond acceptors (Lipinski definition) is 6. The first kappa shape index (κ1) is 15.9. The van der Waals surface area contributed by atoms with Gasteiger partial charge in [0.1, 0.15) is 0 Å². The third kappa shape index (κ3) is 3.88. The van der Waals surface area contributed by atoms with Crippen molar-refractivity contribution < 1.29 is 22.6 Å². The molecule has 22 heavy (non-hydrogen) atoms. The Bertz CT molecular complexity index is 483. The van der Waals surface area contributed by atoms with E-state index < -0.39 is 11.2 Å². The van der Waals surface area contributed by atoms with E-state index in [1.54, 1.807) is 0 Å². The van der Waals surface area contributed by atoms with Gasteiger partial charge in [0.25, 0.3) is 0 Å². The molecule has 0 bridgehead atoms. The Morgan fingerprint density at radius 3 is 2.59 bits per heavy atom. The van der Waals surface area contributed by atoms with Crippen molar-refractivity contribution >= 4 is 16.5 Å². The quantitative estimate of drug-likeness (QED) is 0.845. The van der Waals surface area contributed by atoms with E-state index in [4.69, 9.17) is 9.47 Å². The third-order valence-corrected chi connectivity index (χ3v) is 4.99. The summed E-state index contributed by atoms with van der Waals surface area (Å²) in [7, 11) is 0. The molecule has 0 unspecified atom stereocenters. The largest absolute Gasteiger partial charge is 0.445 e. The standard InChI is InChI=1S/C13H18F3N3O2S/c14-13(15,16)11-17-18-12(22-11)19-4-1-10(2-5-19)21-8-9-3-6-20-7-9/h9-10H,1-8H2/t9-/m1/s1. The molecule has 5 nitrogen and oxygen atoms in total. The summed E-state index contributed by atoms with van der Waals surface area (Å²) in [6, 6.07) is 0. The summed E-state index contributed by atoms with van der Waals surface area (Å²) in [6.45, 7) is 3.59. The van der Waals surface area contributed by atoms with Crippen molar-refractivity contribution in [2.75, 3.05) is 37.8 Å². The average molecular weight is 337 g/mol. The summed E-state index contributed by atoms with van der Waals surface area (Å²) in [5.74, 6) is 0.482. The van der Waals surface area contributed by atoms with Gasteiger partial charge >= 0.3 is 6.18 Å². The van der Waals surface area contributed by atoms with Crippen LogP contribution in [0, 0.1) is 5.92 Å². The number of halogens is 3. The lowest BCUT2D eigenvalue weighted by Crippen LogP contribution is -2.37. The fourth-order valence-electron chi connectivity index (χ4n) is 2.66. The molecule has 2 aliphatic rings. The SMILES string of the molecule is FC(F)(F)c1nnc(N2CCC(OC[C@@H]3CCOC3)CC2)s1. The molecule has 3 heterocycles. The Labute approximate surface area is 130 Å². The van der Waals surface area contributed by atoms with Crippen LogP contribution in [-0.2, 0) is 15.7 Å². The second-order valence-corrected chi connectivity index (χ2v) is 6.59. The monoisotopic (exact) mass is 337 g/mol. The zero-order valence-electron chi connectivity index (χ0n) is 12.0. The molecule has 0 aliphatic carbocycles. The second-order valence-electron chi connectivity index (χ2n) is 5.64. The van der Waals surface area contributed by atoms with Crippen molar-refractivity contribution in [3.8, 4) is 0 Å². The molecule has 0 spiro atoms. The minimum absolute atomic E-state index is 0.173. The number of aromatic nitrogens is 2. The minimum Gasteiger partial charge on any atom is -0.381 e. The molecule has 1 aromatic heterocycles. The van der Waals surface area contributed by atoms with E-state index in [2.05, 4.69) is 10.2 Å². The van der Waals surface area contributed by atoms with Gasteiger partial charge in [-0.3, -0.25) is 0 Å². The van der Waals surface area contributed by atoms with Gasteiger partial charge in [-0.05, 0) is 19.3 Å². The number of alkyl halides is 3. The van der Waals surface area contributed by atoms with Crippen molar-refractivity contribution in [2.45, 2.75) is 31.5 Å². The lowest BCUT2D eigenvalue weighted by atomic mass is 10.1. The maximum absolute atomic E-state index is 12.5. The van der Waals surface area contributed by atoms with Gasteiger partial charge in [-0.25, -0.2) is 0 Å². The van der Waals surface area contributed by atoms with Crippen LogP contribution in [0.5, 0.6) is 0 Å². The van der Waals surface area contributed by atoms with Gasteiger partial charge in [-0.15, -0.1) is 10.2 Å². The van der Waals surface area contributed by atoms with Crippen molar-refractivity contribution in [3.63, 3.8) is 0 Å². The van der Waals surface area contributed by atoms with E-state index in [1.807, 2.05) is 4.90 Å². The van der Waals surface area contributed by atoms with E-state index in [0.717, 1.165) is 32.5 Å². The highest BCUT2D eigenvalue weighted by Crippen LogP contribution is 2.35. The summed E-state index contributed by atoms with van der Waals surface area (Å²) in [5.41, 5.74) is 0. The molecule has 3 rings (SSSR count). The Balaban J connectivity index is 1.46. The number of rotatable bonds is 4. The van der Waals surface area contributed by atoms with Crippen LogP contribution in [0.4, 0.5) is 18.3 Å². The Morgan fingerprint density at radius 1 is 1.23 bits per heavy atom. The van der Waals surface area contributed by atoms with Gasteiger partial charge in [0, 0.05) is 25.6 Å². The van der Waals surface area contributed by atoms with Crippen molar-refractivity contribution in [2.24, 2.45) is 5.92 Å². The first-order valence-corrected chi connectivity index (χ1v) is 8.19. The van der Waals surface area contributed by atoms with Crippen LogP contribution in [-0.4, -0.2) is 49.2 Å². The van der Waals surface area contributed by atoms with E-state index in [-0.39, 0.29) is 6.10 Å². The summed E-state index contributed by atoms with van der Waals surface area (Å²) < 4.78 is 48.8. The highest BCUT2D eigenvalue weighted by Gasteiger charge is 2.36. The smallest absolute Gasteiger partial charge is 0.381 e. The van der Waals surface area contributed by atoms with Crippen molar-refractivity contribution in [1.29, 1.82) is 0 Å². The normalized spacial score (nSPS) is 24.1. The van der Waals surface area contributed by atoms with Crippen LogP contribution in [0.15, 0.2) is 0 Å². The highest BCUT2D eigenvalue weighted by atomic mass is 32.1. The highest BCUT2D eigenvalue weighted by molar-refractivity contribution is 7.15. The van der Waals surface area contributed by atoms with Crippen LogP contribution < -0.4 is 4.90 Å². The summed E-state index contributed by atoms with van der Waals surface area (Å²) in [4.78, 5) is 1.85. The van der Waals surface area contributed by atoms with Gasteiger partial charge < -0.3 is 14.4 Å². The number of nitrogens with zero attached hydrogens (tertiary/aromatic N) is 3. The molecular weight excluding hydrogens is 319 g/mol. The maximum atomic E-state index is 12.5. The molecule has 0 saturated carbocycles. The topological polar surface area (TPSA) is 47.5 Å². The molecule has 0 amide bonds. The number of anilines is 1. The molecule has 2 fully saturated rings. The van der Waals surface area contributed by atoms with E-state index in [9.17, 15) is 13.2 Å². The molecule has 2 saturated heterocycles. The number of piperidine rings is 1. The van der Waals surface area contributed by atoms with Gasteiger partial charge in [-0.1, -0.05) is 11.3 Å². The predicted octanol–water partition coefficient (Wildman–Crippen LogP) is 2.58. The maximum Gasteiger partial charge on any atom is 0.445 e.